The van der Waals surface area contributed by atoms with Gasteiger partial charge in [0.2, 0.25) is 11.6 Å². The second-order valence-corrected chi connectivity index (χ2v) is 5.46. The molecule has 0 saturated carbocycles. The average molecular weight is 341 g/mol. The predicted molar refractivity (Wildman–Crippen MR) is 88.7 cm³/mol. The molecule has 0 radical (unpaired) electrons. The van der Waals surface area contributed by atoms with E-state index in [-0.39, 0.29) is 5.02 Å². The summed E-state index contributed by atoms with van der Waals surface area (Å²) in [5, 5.41) is 0.769. The number of furan rings is 1. The first-order valence-corrected chi connectivity index (χ1v) is 7.51. The first-order chi connectivity index (χ1) is 11.7. The largest absolute Gasteiger partial charge is 0.437 e. The summed E-state index contributed by atoms with van der Waals surface area (Å²) in [7, 11) is 0. The number of benzene rings is 2. The van der Waals surface area contributed by atoms with Gasteiger partial charge in [0, 0.05) is 5.56 Å². The third-order valence-electron chi connectivity index (χ3n) is 3.45. The molecule has 4 nitrogen and oxygen atoms in total. The second-order valence-electron chi connectivity index (χ2n) is 5.05. The molecule has 0 unspecified atom stereocenters. The van der Waals surface area contributed by atoms with E-state index in [1.807, 2.05) is 30.3 Å². The van der Waals surface area contributed by atoms with Crippen LogP contribution in [0.25, 0.3) is 22.4 Å². The molecule has 0 atom stereocenters. The number of halogens is 2. The molecule has 24 heavy (non-hydrogen) atoms. The quantitative estimate of drug-likeness (QED) is 0.496. The van der Waals surface area contributed by atoms with Crippen LogP contribution in [0.1, 0.15) is 0 Å². The molecule has 4 aromatic rings. The maximum Gasteiger partial charge on any atom is 0.233 e. The molecule has 0 bridgehead atoms. The van der Waals surface area contributed by atoms with Crippen LogP contribution in [0, 0.1) is 5.82 Å². The highest BCUT2D eigenvalue weighted by Gasteiger charge is 2.14. The average Bonchev–Trinajstić information content (AvgIpc) is 3.03. The van der Waals surface area contributed by atoms with Crippen LogP contribution in [0.2, 0.25) is 5.02 Å². The first-order valence-electron chi connectivity index (χ1n) is 7.13. The number of hydrogen-bond acceptors (Lipinski definition) is 4. The molecular formula is C18H10ClFN2O2. The van der Waals surface area contributed by atoms with Crippen molar-refractivity contribution in [2.45, 2.75) is 0 Å². The van der Waals surface area contributed by atoms with E-state index in [1.54, 1.807) is 6.07 Å². The Morgan fingerprint density at radius 3 is 2.62 bits per heavy atom. The molecule has 0 amide bonds. The van der Waals surface area contributed by atoms with Gasteiger partial charge in [0.1, 0.15) is 29.0 Å². The van der Waals surface area contributed by atoms with Crippen molar-refractivity contribution in [3.63, 3.8) is 0 Å². The van der Waals surface area contributed by atoms with E-state index in [2.05, 4.69) is 9.97 Å². The van der Waals surface area contributed by atoms with E-state index in [0.29, 0.717) is 28.5 Å². The van der Waals surface area contributed by atoms with Crippen molar-refractivity contribution >= 4 is 22.7 Å². The van der Waals surface area contributed by atoms with E-state index in [1.165, 1.54) is 24.5 Å². The molecule has 0 aliphatic carbocycles. The van der Waals surface area contributed by atoms with E-state index in [4.69, 9.17) is 20.8 Å². The molecule has 0 N–H and O–H groups in total. The van der Waals surface area contributed by atoms with E-state index >= 15 is 0 Å². The number of rotatable bonds is 3. The van der Waals surface area contributed by atoms with Gasteiger partial charge < -0.3 is 9.15 Å². The Hall–Kier alpha value is -2.92. The summed E-state index contributed by atoms with van der Waals surface area (Å²) < 4.78 is 24.6. The van der Waals surface area contributed by atoms with Gasteiger partial charge in [-0.15, -0.1) is 0 Å². The molecule has 0 fully saturated rings. The summed E-state index contributed by atoms with van der Waals surface area (Å²) in [5.74, 6) is 0.816. The SMILES string of the molecule is Fc1ccc(Oc2ncnc3oc(-c4ccccc4)cc23)c(Cl)c1. The number of fused-ring (bicyclic) bond motifs is 1. The van der Waals surface area contributed by atoms with Crippen LogP contribution >= 0.6 is 11.6 Å². The fourth-order valence-electron chi connectivity index (χ4n) is 2.32. The van der Waals surface area contributed by atoms with Gasteiger partial charge in [-0.1, -0.05) is 41.9 Å². The standard InChI is InChI=1S/C18H10ClFN2O2/c19-14-8-12(20)6-7-15(14)23-17-13-9-16(11-4-2-1-3-5-11)24-18(13)22-10-21-17/h1-10H. The minimum Gasteiger partial charge on any atom is -0.437 e. The second kappa shape index (κ2) is 5.94. The molecule has 0 spiro atoms. The van der Waals surface area contributed by atoms with Gasteiger partial charge in [0.25, 0.3) is 0 Å². The topological polar surface area (TPSA) is 48.2 Å². The van der Waals surface area contributed by atoms with Gasteiger partial charge in [-0.2, -0.15) is 0 Å². The lowest BCUT2D eigenvalue weighted by atomic mass is 10.2. The van der Waals surface area contributed by atoms with E-state index in [0.717, 1.165) is 5.56 Å². The van der Waals surface area contributed by atoms with E-state index in [9.17, 15) is 4.39 Å². The smallest absolute Gasteiger partial charge is 0.233 e. The molecule has 4 rings (SSSR count). The Bertz CT molecular complexity index is 1020. The summed E-state index contributed by atoms with van der Waals surface area (Å²) in [6.45, 7) is 0. The fraction of sp³-hybridized carbons (Fsp3) is 0. The molecule has 0 aliphatic rings. The highest BCUT2D eigenvalue weighted by molar-refractivity contribution is 6.32. The van der Waals surface area contributed by atoms with Crippen LogP contribution in [-0.2, 0) is 0 Å². The van der Waals surface area contributed by atoms with Crippen molar-refractivity contribution in [3.8, 4) is 23.0 Å². The number of nitrogens with zero attached hydrogens (tertiary/aromatic N) is 2. The maximum absolute atomic E-state index is 13.1. The zero-order valence-electron chi connectivity index (χ0n) is 12.2. The molecule has 0 aliphatic heterocycles. The van der Waals surface area contributed by atoms with Crippen molar-refractivity contribution in [1.82, 2.24) is 9.97 Å². The molecule has 2 aromatic carbocycles. The zero-order valence-corrected chi connectivity index (χ0v) is 13.0. The zero-order chi connectivity index (χ0) is 16.5. The highest BCUT2D eigenvalue weighted by Crippen LogP contribution is 2.35. The first kappa shape index (κ1) is 14.7. The van der Waals surface area contributed by atoms with Crippen molar-refractivity contribution in [3.05, 3.63) is 71.8 Å². The van der Waals surface area contributed by atoms with Crippen LogP contribution in [-0.4, -0.2) is 9.97 Å². The van der Waals surface area contributed by atoms with Gasteiger partial charge in [-0.25, -0.2) is 14.4 Å². The number of ether oxygens (including phenoxy) is 1. The van der Waals surface area contributed by atoms with Crippen LogP contribution in [0.5, 0.6) is 11.6 Å². The monoisotopic (exact) mass is 340 g/mol. The lowest BCUT2D eigenvalue weighted by Crippen LogP contribution is -1.90. The van der Waals surface area contributed by atoms with Crippen molar-refractivity contribution < 1.29 is 13.5 Å². The van der Waals surface area contributed by atoms with Crippen LogP contribution in [0.15, 0.2) is 65.3 Å². The lowest BCUT2D eigenvalue weighted by molar-refractivity contribution is 0.465. The minimum absolute atomic E-state index is 0.161. The third kappa shape index (κ3) is 2.70. The van der Waals surface area contributed by atoms with Gasteiger partial charge in [-0.3, -0.25) is 0 Å². The maximum atomic E-state index is 13.1. The summed E-state index contributed by atoms with van der Waals surface area (Å²) in [6.07, 6.45) is 1.34. The van der Waals surface area contributed by atoms with E-state index < -0.39 is 5.82 Å². The Morgan fingerprint density at radius 2 is 1.83 bits per heavy atom. The van der Waals surface area contributed by atoms with Crippen LogP contribution < -0.4 is 4.74 Å². The van der Waals surface area contributed by atoms with Gasteiger partial charge in [0.15, 0.2) is 0 Å². The van der Waals surface area contributed by atoms with Gasteiger partial charge >= 0.3 is 0 Å². The summed E-state index contributed by atoms with van der Waals surface area (Å²) in [4.78, 5) is 8.24. The van der Waals surface area contributed by atoms with Gasteiger partial charge in [-0.05, 0) is 24.3 Å². The lowest BCUT2D eigenvalue weighted by Gasteiger charge is -2.06. The molecule has 118 valence electrons. The highest BCUT2D eigenvalue weighted by atomic mass is 35.5. The minimum atomic E-state index is -0.435. The summed E-state index contributed by atoms with van der Waals surface area (Å²) in [5.41, 5.74) is 1.32. The van der Waals surface area contributed by atoms with Crippen LogP contribution in [0.3, 0.4) is 0 Å². The number of hydrogen-bond donors (Lipinski definition) is 0. The van der Waals surface area contributed by atoms with Crippen molar-refractivity contribution in [2.24, 2.45) is 0 Å². The summed E-state index contributed by atoms with van der Waals surface area (Å²) >= 11 is 6.00. The van der Waals surface area contributed by atoms with Crippen molar-refractivity contribution in [1.29, 1.82) is 0 Å². The molecule has 2 heterocycles. The Kier molecular flexibility index (Phi) is 3.63. The van der Waals surface area contributed by atoms with Crippen molar-refractivity contribution in [2.75, 3.05) is 0 Å². The predicted octanol–water partition coefficient (Wildman–Crippen LogP) is 5.47. The molecule has 2 aromatic heterocycles. The molecular weight excluding hydrogens is 331 g/mol. The van der Waals surface area contributed by atoms with Crippen LogP contribution in [0.4, 0.5) is 4.39 Å². The Balaban J connectivity index is 1.77. The Morgan fingerprint density at radius 1 is 1.00 bits per heavy atom. The molecule has 0 saturated heterocycles. The fourth-order valence-corrected chi connectivity index (χ4v) is 2.53. The van der Waals surface area contributed by atoms with Gasteiger partial charge in [0.05, 0.1) is 5.02 Å². The third-order valence-corrected chi connectivity index (χ3v) is 3.75. The molecule has 6 heteroatoms. The summed E-state index contributed by atoms with van der Waals surface area (Å²) in [6, 6.07) is 15.3. The number of aromatic nitrogens is 2. The Labute approximate surface area is 141 Å². The normalized spacial score (nSPS) is 10.9.